The molecule has 0 aromatic carbocycles. The van der Waals surface area contributed by atoms with Gasteiger partial charge in [0.2, 0.25) is 0 Å². The molecule has 4 N–H and O–H groups in total. The third kappa shape index (κ3) is 13.3. The van der Waals surface area contributed by atoms with Crippen molar-refractivity contribution in [1.82, 2.24) is 0 Å². The summed E-state index contributed by atoms with van der Waals surface area (Å²) in [7, 11) is -11.4. The molecule has 2 atom stereocenters. The monoisotopic (exact) mass is 483 g/mol. The summed E-state index contributed by atoms with van der Waals surface area (Å²) < 4.78 is 21.2. The van der Waals surface area contributed by atoms with Crippen molar-refractivity contribution in [1.29, 1.82) is 0 Å². The molecule has 1 fully saturated rings. The molecule has 0 unspecified atom stereocenters. The molecule has 0 radical (unpaired) electrons. The fourth-order valence-corrected chi connectivity index (χ4v) is 2.29. The number of phosphoric acid groups is 2. The van der Waals surface area contributed by atoms with Gasteiger partial charge in [-0.05, 0) is 12.8 Å². The van der Waals surface area contributed by atoms with E-state index in [2.05, 4.69) is 4.31 Å². The van der Waals surface area contributed by atoms with Crippen LogP contribution in [0, 0.1) is 0 Å². The Morgan fingerprint density at radius 1 is 0.889 bits per heavy atom. The van der Waals surface area contributed by atoms with Gasteiger partial charge >= 0.3 is 21.1 Å². The topological polar surface area (TPSA) is 188 Å². The van der Waals surface area contributed by atoms with E-state index in [1.165, 1.54) is 12.8 Å². The van der Waals surface area contributed by atoms with Crippen LogP contribution in [0.25, 0.3) is 0 Å². The number of hydrogen-bond donors (Lipinski definition) is 2. The molecule has 18 heavy (non-hydrogen) atoms. The van der Waals surface area contributed by atoms with Crippen LogP contribution in [-0.2, 0) is 34.5 Å². The van der Waals surface area contributed by atoms with Crippen molar-refractivity contribution in [3.05, 3.63) is 0 Å². The van der Waals surface area contributed by atoms with Gasteiger partial charge in [0.25, 0.3) is 0 Å². The average Bonchev–Trinajstić information content (AvgIpc) is 2.04. The molecule has 0 spiro atoms. The number of rotatable bonds is 2. The first-order valence-corrected chi connectivity index (χ1v) is 7.70. The molecule has 110 valence electrons. The van der Waals surface area contributed by atoms with E-state index >= 15 is 0 Å². The summed E-state index contributed by atoms with van der Waals surface area (Å²) in [5.41, 5.74) is 11.3. The van der Waals surface area contributed by atoms with Gasteiger partial charge in [0.15, 0.2) is 0 Å². The Balaban J connectivity index is 0. The Morgan fingerprint density at radius 3 is 1.28 bits per heavy atom. The summed E-state index contributed by atoms with van der Waals surface area (Å²) in [6, 6.07) is 0.562. The second-order valence-electron chi connectivity index (χ2n) is 3.59. The van der Waals surface area contributed by atoms with Crippen LogP contribution in [0.2, 0.25) is 0 Å². The standard InChI is InChI=1S/C6H14N2.H4O7P2.Pt/c7-5-3-1-2-4-6(5)8;1-8(2,3)7-9(4,5)6;/h5-6H,1-4,7-8H2;(H2,1,2,3)(H2,4,5,6);/q;;+4/p-4/t5-,6+;;. The zero-order valence-corrected chi connectivity index (χ0v) is 13.3. The number of hydrogen-bond acceptors (Lipinski definition) is 9. The van der Waals surface area contributed by atoms with E-state index in [0.717, 1.165) is 12.8 Å². The zero-order chi connectivity index (χ0) is 13.7. The van der Waals surface area contributed by atoms with Crippen molar-refractivity contribution < 1.29 is 54.1 Å². The van der Waals surface area contributed by atoms with Gasteiger partial charge in [-0.25, -0.2) is 0 Å². The Bertz CT molecular complexity index is 289. The second-order valence-corrected chi connectivity index (χ2v) is 6.03. The molecule has 0 aromatic rings. The Morgan fingerprint density at radius 2 is 1.17 bits per heavy atom. The minimum atomic E-state index is -5.68. The van der Waals surface area contributed by atoms with E-state index in [-0.39, 0.29) is 33.1 Å². The van der Waals surface area contributed by atoms with E-state index in [4.69, 9.17) is 11.5 Å². The molecule has 1 saturated carbocycles. The molecule has 0 heterocycles. The van der Waals surface area contributed by atoms with E-state index < -0.39 is 15.6 Å². The van der Waals surface area contributed by atoms with Crippen LogP contribution in [0.4, 0.5) is 0 Å². The summed E-state index contributed by atoms with van der Waals surface area (Å²) in [5, 5.41) is 0. The quantitative estimate of drug-likeness (QED) is 0.383. The molecule has 0 aromatic heterocycles. The van der Waals surface area contributed by atoms with Gasteiger partial charge in [-0.15, -0.1) is 0 Å². The first-order chi connectivity index (χ1) is 7.51. The van der Waals surface area contributed by atoms with Crippen molar-refractivity contribution in [3.63, 3.8) is 0 Å². The third-order valence-electron chi connectivity index (χ3n) is 2.07. The maximum atomic E-state index is 9.32. The Labute approximate surface area is 119 Å². The summed E-state index contributed by atoms with van der Waals surface area (Å²) in [6.45, 7) is 0. The van der Waals surface area contributed by atoms with Crippen molar-refractivity contribution in [3.8, 4) is 0 Å². The maximum Gasteiger partial charge on any atom is 4.00 e. The minimum Gasteiger partial charge on any atom is -0.790 e. The fourth-order valence-electron chi connectivity index (χ4n) is 1.31. The molecular formula is C6H14N2O7P2Pt. The summed E-state index contributed by atoms with van der Waals surface area (Å²) in [5.74, 6) is 0. The maximum absolute atomic E-state index is 9.32. The van der Waals surface area contributed by atoms with Gasteiger partial charge in [0.05, 0.1) is 15.6 Å². The summed E-state index contributed by atoms with van der Waals surface area (Å²) >= 11 is 0. The van der Waals surface area contributed by atoms with Gasteiger partial charge in [-0.3, -0.25) is 0 Å². The van der Waals surface area contributed by atoms with Gasteiger partial charge in [0, 0.05) is 12.1 Å². The average molecular weight is 483 g/mol. The van der Waals surface area contributed by atoms with Crippen LogP contribution >= 0.6 is 15.6 Å². The Kier molecular flexibility index (Phi) is 10.5. The molecule has 1 aliphatic carbocycles. The first-order valence-electron chi connectivity index (χ1n) is 4.78. The van der Waals surface area contributed by atoms with Crippen LogP contribution in [0.15, 0.2) is 0 Å². The minimum absolute atomic E-state index is 0. The van der Waals surface area contributed by atoms with Gasteiger partial charge in [-0.1, -0.05) is 12.8 Å². The van der Waals surface area contributed by atoms with Gasteiger partial charge in [0.1, 0.15) is 0 Å². The molecule has 0 amide bonds. The van der Waals surface area contributed by atoms with Crippen molar-refractivity contribution in [2.45, 2.75) is 37.8 Å². The molecule has 1 rings (SSSR count). The van der Waals surface area contributed by atoms with Crippen LogP contribution in [0.1, 0.15) is 25.7 Å². The second kappa shape index (κ2) is 8.92. The molecule has 12 heteroatoms. The molecule has 9 nitrogen and oxygen atoms in total. The molecule has 0 aliphatic heterocycles. The van der Waals surface area contributed by atoms with Crippen LogP contribution < -0.4 is 31.0 Å². The summed E-state index contributed by atoms with van der Waals surface area (Å²) in [6.07, 6.45) is 4.80. The predicted octanol–water partition coefficient (Wildman–Crippen LogP) is -3.13. The SMILES string of the molecule is N[C@@H]1CCCC[C@@H]1N.O=P([O-])([O-])OP(=O)([O-])[O-].[Pt+4]. The Hall–Kier alpha value is 0.868. The van der Waals surface area contributed by atoms with Crippen LogP contribution in [-0.4, -0.2) is 12.1 Å². The van der Waals surface area contributed by atoms with Crippen molar-refractivity contribution in [2.75, 3.05) is 0 Å². The van der Waals surface area contributed by atoms with E-state index in [9.17, 15) is 28.7 Å². The molecule has 1 aliphatic rings. The number of nitrogens with two attached hydrogens (primary N) is 2. The van der Waals surface area contributed by atoms with Crippen LogP contribution in [0.3, 0.4) is 0 Å². The first kappa shape index (κ1) is 21.2. The van der Waals surface area contributed by atoms with Crippen molar-refractivity contribution >= 4 is 15.6 Å². The zero-order valence-electron chi connectivity index (χ0n) is 9.21. The fraction of sp³-hybridized carbons (Fsp3) is 1.00. The molecule has 0 saturated heterocycles. The largest absolute Gasteiger partial charge is 4.00 e. The molecular weight excluding hydrogens is 469 g/mol. The van der Waals surface area contributed by atoms with E-state index in [1.54, 1.807) is 0 Å². The van der Waals surface area contributed by atoms with Gasteiger partial charge < -0.3 is 44.5 Å². The van der Waals surface area contributed by atoms with Crippen LogP contribution in [0.5, 0.6) is 0 Å². The van der Waals surface area contributed by atoms with E-state index in [0.29, 0.717) is 0 Å². The molecule has 0 bridgehead atoms. The van der Waals surface area contributed by atoms with E-state index in [1.807, 2.05) is 0 Å². The summed E-state index contributed by atoms with van der Waals surface area (Å²) in [4.78, 5) is 37.3. The smallest absolute Gasteiger partial charge is 0.790 e. The third-order valence-corrected chi connectivity index (χ3v) is 3.67. The van der Waals surface area contributed by atoms with Gasteiger partial charge in [-0.2, -0.15) is 0 Å². The van der Waals surface area contributed by atoms with Crippen molar-refractivity contribution in [2.24, 2.45) is 11.5 Å². The predicted molar refractivity (Wildman–Crippen MR) is 50.7 cm³/mol. The normalized spacial score (nSPS) is 24.6.